The number of aliphatic hydroxyl groups is 1. The lowest BCUT2D eigenvalue weighted by Gasteiger charge is -2.10. The summed E-state index contributed by atoms with van der Waals surface area (Å²) in [5.41, 5.74) is 0.906. The highest BCUT2D eigenvalue weighted by molar-refractivity contribution is 6.04. The number of halogens is 1. The largest absolute Gasteiger partial charge is 0.493 e. The second-order valence-corrected chi connectivity index (χ2v) is 6.16. The van der Waals surface area contributed by atoms with E-state index in [2.05, 4.69) is 13.8 Å². The molecule has 0 aliphatic carbocycles. The molecule has 4 heteroatoms. The predicted molar refractivity (Wildman–Crippen MR) is 89.0 cm³/mol. The molecule has 0 spiro atoms. The van der Waals surface area contributed by atoms with Crippen LogP contribution in [-0.4, -0.2) is 18.3 Å². The van der Waals surface area contributed by atoms with Gasteiger partial charge in [0.25, 0.3) is 0 Å². The van der Waals surface area contributed by atoms with E-state index < -0.39 is 0 Å². The normalized spacial score (nSPS) is 11.5. The van der Waals surface area contributed by atoms with Gasteiger partial charge in [0.05, 0.1) is 17.4 Å². The summed E-state index contributed by atoms with van der Waals surface area (Å²) in [5.74, 6) is 0.994. The molecular weight excluding hydrogens is 293 g/mol. The molecule has 0 bridgehead atoms. The molecule has 1 heterocycles. The molecule has 3 rings (SSSR count). The van der Waals surface area contributed by atoms with Crippen molar-refractivity contribution in [2.24, 2.45) is 5.92 Å². The molecule has 0 aliphatic rings. The van der Waals surface area contributed by atoms with Crippen LogP contribution in [0.15, 0.2) is 42.6 Å². The topological polar surface area (TPSA) is 33.3 Å². The van der Waals surface area contributed by atoms with Crippen molar-refractivity contribution < 1.29 is 18.8 Å². The first-order valence-corrected chi connectivity index (χ1v) is 7.87. The van der Waals surface area contributed by atoms with Gasteiger partial charge in [0, 0.05) is 11.5 Å². The number of aromatic nitrogens is 1. The quantitative estimate of drug-likeness (QED) is 0.578. The summed E-state index contributed by atoms with van der Waals surface area (Å²) in [5, 5.41) is 12.1. The Morgan fingerprint density at radius 3 is 2.70 bits per heavy atom. The Morgan fingerprint density at radius 2 is 1.96 bits per heavy atom. The Bertz CT molecular complexity index is 846. The lowest BCUT2D eigenvalue weighted by atomic mass is 10.1. The number of ether oxygens (including phenoxy) is 1. The smallest absolute Gasteiger partial charge is 0.213 e. The van der Waals surface area contributed by atoms with Gasteiger partial charge in [-0.3, -0.25) is 0 Å². The monoisotopic (exact) mass is 314 g/mol. The lowest BCUT2D eigenvalue weighted by Crippen LogP contribution is -2.36. The van der Waals surface area contributed by atoms with Crippen molar-refractivity contribution in [2.45, 2.75) is 20.4 Å². The molecule has 0 saturated heterocycles. The van der Waals surface area contributed by atoms with Crippen LogP contribution in [0, 0.1) is 11.7 Å². The molecule has 3 nitrogen and oxygen atoms in total. The van der Waals surface area contributed by atoms with Crippen LogP contribution in [0.25, 0.3) is 21.7 Å². The average Bonchev–Trinajstić information content (AvgIpc) is 2.52. The van der Waals surface area contributed by atoms with Gasteiger partial charge in [-0.25, -0.2) is 4.39 Å². The van der Waals surface area contributed by atoms with Gasteiger partial charge < -0.3 is 9.84 Å². The number of fused-ring (bicyclic) bond motifs is 3. The molecule has 0 amide bonds. The molecular formula is C19H21FNO2+. The van der Waals surface area contributed by atoms with Gasteiger partial charge >= 0.3 is 0 Å². The number of pyridine rings is 1. The van der Waals surface area contributed by atoms with E-state index in [1.165, 1.54) is 6.07 Å². The van der Waals surface area contributed by atoms with Crippen molar-refractivity contribution in [3.63, 3.8) is 0 Å². The minimum atomic E-state index is -0.263. The van der Waals surface area contributed by atoms with Crippen LogP contribution in [0.5, 0.6) is 5.75 Å². The molecule has 0 radical (unpaired) electrons. The molecule has 23 heavy (non-hydrogen) atoms. The van der Waals surface area contributed by atoms with Crippen LogP contribution in [-0.2, 0) is 6.54 Å². The van der Waals surface area contributed by atoms with E-state index in [1.807, 2.05) is 29.0 Å². The van der Waals surface area contributed by atoms with Crippen molar-refractivity contribution >= 4 is 21.7 Å². The third-order valence-corrected chi connectivity index (χ3v) is 3.80. The first-order valence-electron chi connectivity index (χ1n) is 7.87. The SMILES string of the molecule is CC(C)COc1ccc2c(c1)c[n+](CCO)c1ccc(F)cc21. The lowest BCUT2D eigenvalue weighted by molar-refractivity contribution is -0.671. The highest BCUT2D eigenvalue weighted by Gasteiger charge is 2.14. The summed E-state index contributed by atoms with van der Waals surface area (Å²) in [6, 6.07) is 10.6. The first-order chi connectivity index (χ1) is 11.1. The maximum atomic E-state index is 13.7. The molecule has 120 valence electrons. The van der Waals surface area contributed by atoms with Crippen LogP contribution >= 0.6 is 0 Å². The molecule has 0 saturated carbocycles. The van der Waals surface area contributed by atoms with Gasteiger partial charge in [0.1, 0.15) is 18.2 Å². The summed E-state index contributed by atoms with van der Waals surface area (Å²) in [6.45, 7) is 5.37. The van der Waals surface area contributed by atoms with Crippen LogP contribution in [0.4, 0.5) is 4.39 Å². The van der Waals surface area contributed by atoms with E-state index in [-0.39, 0.29) is 12.4 Å². The fourth-order valence-corrected chi connectivity index (χ4v) is 2.75. The zero-order chi connectivity index (χ0) is 16.4. The maximum Gasteiger partial charge on any atom is 0.213 e. The molecule has 0 unspecified atom stereocenters. The molecule has 0 aliphatic heterocycles. The molecule has 1 aromatic heterocycles. The Morgan fingerprint density at radius 1 is 1.13 bits per heavy atom. The fraction of sp³-hybridized carbons (Fsp3) is 0.316. The van der Waals surface area contributed by atoms with E-state index in [0.29, 0.717) is 19.1 Å². The molecule has 3 aromatic rings. The van der Waals surface area contributed by atoms with Crippen molar-refractivity contribution in [2.75, 3.05) is 13.2 Å². The van der Waals surface area contributed by atoms with E-state index in [1.54, 1.807) is 12.1 Å². The Labute approximate surface area is 134 Å². The molecule has 2 aromatic carbocycles. The number of rotatable bonds is 5. The number of benzene rings is 2. The molecule has 0 fully saturated rings. The minimum absolute atomic E-state index is 0.0339. The third kappa shape index (κ3) is 3.27. The van der Waals surface area contributed by atoms with E-state index in [9.17, 15) is 9.50 Å². The Kier molecular flexibility index (Phi) is 4.44. The van der Waals surface area contributed by atoms with Gasteiger partial charge in [0.15, 0.2) is 12.7 Å². The molecule has 0 atom stereocenters. The van der Waals surface area contributed by atoms with Crippen LogP contribution < -0.4 is 9.30 Å². The second kappa shape index (κ2) is 6.50. The Balaban J connectivity index is 2.17. The minimum Gasteiger partial charge on any atom is -0.493 e. The average molecular weight is 314 g/mol. The van der Waals surface area contributed by atoms with Crippen molar-refractivity contribution in [1.82, 2.24) is 0 Å². The summed E-state index contributed by atoms with van der Waals surface area (Å²) in [7, 11) is 0. The first kappa shape index (κ1) is 15.7. The van der Waals surface area contributed by atoms with Crippen LogP contribution in [0.2, 0.25) is 0 Å². The number of hydrogen-bond acceptors (Lipinski definition) is 2. The summed E-state index contributed by atoms with van der Waals surface area (Å²) >= 11 is 0. The van der Waals surface area contributed by atoms with E-state index in [4.69, 9.17) is 4.74 Å². The fourth-order valence-electron chi connectivity index (χ4n) is 2.75. The van der Waals surface area contributed by atoms with Crippen LogP contribution in [0.3, 0.4) is 0 Å². The van der Waals surface area contributed by atoms with E-state index in [0.717, 1.165) is 27.4 Å². The van der Waals surface area contributed by atoms with Gasteiger partial charge in [-0.2, -0.15) is 4.57 Å². The van der Waals surface area contributed by atoms with E-state index >= 15 is 0 Å². The molecule has 1 N–H and O–H groups in total. The standard InChI is InChI=1S/C19H21FNO2/c1-13(2)12-23-16-4-5-17-14(9-16)11-21(7-8-22)19-6-3-15(20)10-18(17)19/h3-6,9-11,13,22H,7-8,12H2,1-2H3/q+1. The summed E-state index contributed by atoms with van der Waals surface area (Å²) in [6.07, 6.45) is 1.98. The number of aliphatic hydroxyl groups excluding tert-OH is 1. The van der Waals surface area contributed by atoms with Crippen molar-refractivity contribution in [3.8, 4) is 5.75 Å². The van der Waals surface area contributed by atoms with Crippen LogP contribution in [0.1, 0.15) is 13.8 Å². The summed E-state index contributed by atoms with van der Waals surface area (Å²) in [4.78, 5) is 0. The van der Waals surface area contributed by atoms with Crippen molar-refractivity contribution in [1.29, 1.82) is 0 Å². The zero-order valence-corrected chi connectivity index (χ0v) is 13.4. The number of hydrogen-bond donors (Lipinski definition) is 1. The number of nitrogens with zero attached hydrogens (tertiary/aromatic N) is 1. The second-order valence-electron chi connectivity index (χ2n) is 6.16. The zero-order valence-electron chi connectivity index (χ0n) is 13.4. The Hall–Kier alpha value is -2.20. The third-order valence-electron chi connectivity index (χ3n) is 3.80. The predicted octanol–water partition coefficient (Wildman–Crippen LogP) is 3.45. The highest BCUT2D eigenvalue weighted by Crippen LogP contribution is 2.27. The van der Waals surface area contributed by atoms with Crippen molar-refractivity contribution in [3.05, 3.63) is 48.4 Å². The maximum absolute atomic E-state index is 13.7. The highest BCUT2D eigenvalue weighted by atomic mass is 19.1. The van der Waals surface area contributed by atoms with Gasteiger partial charge in [0.2, 0.25) is 5.52 Å². The van der Waals surface area contributed by atoms with Gasteiger partial charge in [-0.1, -0.05) is 13.8 Å². The van der Waals surface area contributed by atoms with Gasteiger partial charge in [-0.05, 0) is 36.2 Å². The summed E-state index contributed by atoms with van der Waals surface area (Å²) < 4.78 is 21.4. The van der Waals surface area contributed by atoms with Gasteiger partial charge in [-0.15, -0.1) is 0 Å².